The van der Waals surface area contributed by atoms with Crippen LogP contribution in [0.15, 0.2) is 24.3 Å². The van der Waals surface area contributed by atoms with Crippen LogP contribution in [0.3, 0.4) is 0 Å². The molecule has 1 aromatic carbocycles. The minimum absolute atomic E-state index is 0.0403. The molecule has 1 heterocycles. The maximum Gasteiger partial charge on any atom is 0.407 e. The second kappa shape index (κ2) is 8.58. The molecule has 0 spiro atoms. The summed E-state index contributed by atoms with van der Waals surface area (Å²) < 4.78 is 32.8. The summed E-state index contributed by atoms with van der Waals surface area (Å²) >= 11 is 0. The number of hydrogen-bond donors (Lipinski definition) is 1. The third-order valence-corrected chi connectivity index (χ3v) is 6.20. The third-order valence-electron chi connectivity index (χ3n) is 4.30. The van der Waals surface area contributed by atoms with Crippen LogP contribution in [0.2, 0.25) is 0 Å². The molecule has 2 rings (SSSR count). The molecule has 1 aliphatic rings. The van der Waals surface area contributed by atoms with Gasteiger partial charge < -0.3 is 15.0 Å². The summed E-state index contributed by atoms with van der Waals surface area (Å²) in [4.78, 5) is 14.0. The van der Waals surface area contributed by atoms with Gasteiger partial charge in [0.05, 0.1) is 11.8 Å². The highest BCUT2D eigenvalue weighted by Gasteiger charge is 2.34. The molecule has 0 radical (unpaired) electrons. The fourth-order valence-corrected chi connectivity index (χ4v) is 4.86. The number of nitrogens with one attached hydrogen (secondary N) is 1. The fraction of sp³-hybridized carbons (Fsp3) is 0.632. The zero-order valence-corrected chi connectivity index (χ0v) is 17.7. The molecule has 8 heteroatoms. The SMILES string of the molecule is Cc1cccc(CS(=O)(=O)N2CCN(C)C[C@@H]2CNC(=O)OC(C)(C)C)c1. The van der Waals surface area contributed by atoms with Crippen LogP contribution in [-0.4, -0.2) is 68.6 Å². The normalized spacial score (nSPS) is 19.7. The van der Waals surface area contributed by atoms with Crippen molar-refractivity contribution in [3.8, 4) is 0 Å². The molecular weight excluding hydrogens is 366 g/mol. The van der Waals surface area contributed by atoms with E-state index in [9.17, 15) is 13.2 Å². The van der Waals surface area contributed by atoms with Gasteiger partial charge in [-0.05, 0) is 40.3 Å². The second-order valence-electron chi connectivity index (χ2n) is 8.15. The number of likely N-dealkylation sites (N-methyl/N-ethyl adjacent to an activating group) is 1. The van der Waals surface area contributed by atoms with Gasteiger partial charge >= 0.3 is 6.09 Å². The van der Waals surface area contributed by atoms with Crippen LogP contribution < -0.4 is 5.32 Å². The average Bonchev–Trinajstić information content (AvgIpc) is 2.50. The highest BCUT2D eigenvalue weighted by Crippen LogP contribution is 2.18. The van der Waals surface area contributed by atoms with E-state index in [-0.39, 0.29) is 18.3 Å². The van der Waals surface area contributed by atoms with Crippen molar-refractivity contribution in [1.29, 1.82) is 0 Å². The van der Waals surface area contributed by atoms with Crippen molar-refractivity contribution < 1.29 is 17.9 Å². The van der Waals surface area contributed by atoms with E-state index in [1.165, 1.54) is 4.31 Å². The van der Waals surface area contributed by atoms with Gasteiger partial charge in [-0.15, -0.1) is 0 Å². The lowest BCUT2D eigenvalue weighted by Gasteiger charge is -2.39. The van der Waals surface area contributed by atoms with E-state index in [0.29, 0.717) is 19.6 Å². The Morgan fingerprint density at radius 2 is 2.00 bits per heavy atom. The number of sulfonamides is 1. The first-order valence-corrected chi connectivity index (χ1v) is 10.8. The minimum atomic E-state index is -3.49. The average molecular weight is 398 g/mol. The lowest BCUT2D eigenvalue weighted by Crippen LogP contribution is -2.58. The van der Waals surface area contributed by atoms with Gasteiger partial charge in [-0.25, -0.2) is 13.2 Å². The monoisotopic (exact) mass is 397 g/mol. The number of carbonyl (C=O) groups is 1. The summed E-state index contributed by atoms with van der Waals surface area (Å²) in [5.74, 6) is -0.0403. The molecular formula is C19H31N3O4S. The Labute approximate surface area is 162 Å². The van der Waals surface area contributed by atoms with Crippen LogP contribution in [0.1, 0.15) is 31.9 Å². The zero-order chi connectivity index (χ0) is 20.2. The molecule has 0 unspecified atom stereocenters. The Morgan fingerprint density at radius 1 is 1.30 bits per heavy atom. The quantitative estimate of drug-likeness (QED) is 0.822. The van der Waals surface area contributed by atoms with E-state index in [1.807, 2.05) is 38.2 Å². The number of benzene rings is 1. The van der Waals surface area contributed by atoms with Gasteiger partial charge in [-0.3, -0.25) is 0 Å². The van der Waals surface area contributed by atoms with Crippen LogP contribution in [0, 0.1) is 6.92 Å². The van der Waals surface area contributed by atoms with Gasteiger partial charge in [0, 0.05) is 26.2 Å². The van der Waals surface area contributed by atoms with E-state index in [1.54, 1.807) is 20.8 Å². The van der Waals surface area contributed by atoms with E-state index >= 15 is 0 Å². The Kier molecular flexibility index (Phi) is 6.88. The van der Waals surface area contributed by atoms with Crippen LogP contribution in [0.4, 0.5) is 4.79 Å². The van der Waals surface area contributed by atoms with E-state index in [2.05, 4.69) is 10.2 Å². The van der Waals surface area contributed by atoms with Crippen molar-refractivity contribution in [1.82, 2.24) is 14.5 Å². The summed E-state index contributed by atoms with van der Waals surface area (Å²) in [7, 11) is -1.54. The van der Waals surface area contributed by atoms with Crippen LogP contribution in [0.25, 0.3) is 0 Å². The number of nitrogens with zero attached hydrogens (tertiary/aromatic N) is 2. The predicted molar refractivity (Wildman–Crippen MR) is 106 cm³/mol. The molecule has 1 amide bonds. The van der Waals surface area contributed by atoms with Crippen molar-refractivity contribution in [2.24, 2.45) is 0 Å². The van der Waals surface area contributed by atoms with Gasteiger partial charge in [0.2, 0.25) is 10.0 Å². The standard InChI is InChI=1S/C19H31N3O4S/c1-15-7-6-8-16(11-15)14-27(24,25)22-10-9-21(5)13-17(22)12-20-18(23)26-19(2,3)4/h6-8,11,17H,9-10,12-14H2,1-5H3,(H,20,23)/t17-/m0/s1. The number of aryl methyl sites for hydroxylation is 1. The number of alkyl carbamates (subject to hydrolysis) is 1. The van der Waals surface area contributed by atoms with Crippen molar-refractivity contribution in [3.05, 3.63) is 35.4 Å². The van der Waals surface area contributed by atoms with Crippen molar-refractivity contribution in [3.63, 3.8) is 0 Å². The first-order valence-electron chi connectivity index (χ1n) is 9.17. The number of rotatable bonds is 5. The van der Waals surface area contributed by atoms with Crippen LogP contribution in [-0.2, 0) is 20.5 Å². The number of piperazine rings is 1. The number of hydrogen-bond acceptors (Lipinski definition) is 5. The topological polar surface area (TPSA) is 79.0 Å². The Hall–Kier alpha value is -1.64. The molecule has 0 aromatic heterocycles. The molecule has 1 atom stereocenters. The van der Waals surface area contributed by atoms with Gasteiger partial charge in [0.15, 0.2) is 0 Å². The highest BCUT2D eigenvalue weighted by atomic mass is 32.2. The highest BCUT2D eigenvalue weighted by molar-refractivity contribution is 7.88. The summed E-state index contributed by atoms with van der Waals surface area (Å²) in [5.41, 5.74) is 1.21. The van der Waals surface area contributed by atoms with Crippen molar-refractivity contribution >= 4 is 16.1 Å². The first kappa shape index (κ1) is 21.7. The van der Waals surface area contributed by atoms with Gasteiger partial charge in [0.1, 0.15) is 5.60 Å². The lowest BCUT2D eigenvalue weighted by molar-refractivity contribution is 0.0503. The molecule has 7 nitrogen and oxygen atoms in total. The molecule has 1 saturated heterocycles. The third kappa shape index (κ3) is 6.79. The molecule has 27 heavy (non-hydrogen) atoms. The minimum Gasteiger partial charge on any atom is -0.444 e. The molecule has 0 bridgehead atoms. The molecule has 1 aliphatic heterocycles. The van der Waals surface area contributed by atoms with Gasteiger partial charge in [-0.1, -0.05) is 29.8 Å². The number of ether oxygens (including phenoxy) is 1. The summed E-state index contributed by atoms with van der Waals surface area (Å²) in [6.45, 7) is 9.16. The number of amides is 1. The maximum absolute atomic E-state index is 13.0. The van der Waals surface area contributed by atoms with Gasteiger partial charge in [0.25, 0.3) is 0 Å². The largest absolute Gasteiger partial charge is 0.444 e. The van der Waals surface area contributed by atoms with Crippen molar-refractivity contribution in [2.45, 2.75) is 45.1 Å². The lowest BCUT2D eigenvalue weighted by atomic mass is 10.2. The Bertz CT molecular complexity index is 758. The number of carbonyl (C=O) groups excluding carboxylic acids is 1. The summed E-state index contributed by atoms with van der Waals surface area (Å²) in [6.07, 6.45) is -0.535. The van der Waals surface area contributed by atoms with Crippen molar-refractivity contribution in [2.75, 3.05) is 33.2 Å². The summed E-state index contributed by atoms with van der Waals surface area (Å²) in [5, 5.41) is 2.71. The second-order valence-corrected chi connectivity index (χ2v) is 10.1. The fourth-order valence-electron chi connectivity index (χ4n) is 3.14. The van der Waals surface area contributed by atoms with E-state index in [0.717, 1.165) is 11.1 Å². The smallest absolute Gasteiger partial charge is 0.407 e. The molecule has 152 valence electrons. The zero-order valence-electron chi connectivity index (χ0n) is 16.9. The van der Waals surface area contributed by atoms with E-state index < -0.39 is 21.7 Å². The molecule has 0 saturated carbocycles. The first-order chi connectivity index (χ1) is 12.5. The van der Waals surface area contributed by atoms with E-state index in [4.69, 9.17) is 4.74 Å². The maximum atomic E-state index is 13.0. The molecule has 1 N–H and O–H groups in total. The predicted octanol–water partition coefficient (Wildman–Crippen LogP) is 1.97. The Morgan fingerprint density at radius 3 is 2.63 bits per heavy atom. The van der Waals surface area contributed by atoms with Crippen LogP contribution in [0.5, 0.6) is 0 Å². The van der Waals surface area contributed by atoms with Crippen LogP contribution >= 0.6 is 0 Å². The summed E-state index contributed by atoms with van der Waals surface area (Å²) in [6, 6.07) is 7.20. The molecule has 1 fully saturated rings. The Balaban J connectivity index is 2.08. The molecule has 1 aromatic rings. The molecule has 0 aliphatic carbocycles. The van der Waals surface area contributed by atoms with Gasteiger partial charge in [-0.2, -0.15) is 4.31 Å².